The summed E-state index contributed by atoms with van der Waals surface area (Å²) in [7, 11) is 0. The van der Waals surface area contributed by atoms with E-state index in [-0.39, 0.29) is 17.8 Å². The molecule has 7 heteroatoms. The molecule has 0 amide bonds. The van der Waals surface area contributed by atoms with E-state index in [2.05, 4.69) is 15.3 Å². The Labute approximate surface area is 109 Å². The van der Waals surface area contributed by atoms with Crippen LogP contribution in [0.15, 0.2) is 24.5 Å². The zero-order valence-corrected chi connectivity index (χ0v) is 10.1. The van der Waals surface area contributed by atoms with Crippen molar-refractivity contribution >= 4 is 22.4 Å². The maximum absolute atomic E-state index is 10.8. The van der Waals surface area contributed by atoms with Crippen LogP contribution in [0.25, 0.3) is 10.9 Å². The lowest BCUT2D eigenvalue weighted by Gasteiger charge is -2.33. The number of non-ortho nitro benzene ring substituents is 1. The molecule has 0 atom stereocenters. The van der Waals surface area contributed by atoms with E-state index in [9.17, 15) is 10.1 Å². The molecule has 1 saturated carbocycles. The summed E-state index contributed by atoms with van der Waals surface area (Å²) in [5.74, 6) is 0.630. The monoisotopic (exact) mass is 259 g/mol. The van der Waals surface area contributed by atoms with Crippen LogP contribution in [0.4, 0.5) is 11.5 Å². The first kappa shape index (κ1) is 11.8. The number of nitrogens with two attached hydrogens (primary N) is 1. The molecule has 7 nitrogen and oxygen atoms in total. The molecule has 0 bridgehead atoms. The number of benzene rings is 1. The average molecular weight is 259 g/mol. The molecule has 1 aliphatic rings. The molecule has 1 fully saturated rings. The van der Waals surface area contributed by atoms with Gasteiger partial charge in [0.25, 0.3) is 5.69 Å². The Bertz CT molecular complexity index is 639. The predicted molar refractivity (Wildman–Crippen MR) is 70.8 cm³/mol. The summed E-state index contributed by atoms with van der Waals surface area (Å²) in [5.41, 5.74) is 6.46. The number of aromatic nitrogens is 2. The first-order chi connectivity index (χ1) is 9.13. The fraction of sp³-hybridized carbons (Fsp3) is 0.333. The smallest absolute Gasteiger partial charge is 0.270 e. The van der Waals surface area contributed by atoms with E-state index in [1.807, 2.05) is 0 Å². The van der Waals surface area contributed by atoms with Gasteiger partial charge in [-0.05, 0) is 18.9 Å². The Kier molecular flexibility index (Phi) is 2.75. The lowest BCUT2D eigenvalue weighted by Crippen LogP contribution is -2.44. The van der Waals surface area contributed by atoms with Crippen molar-refractivity contribution in [3.63, 3.8) is 0 Å². The van der Waals surface area contributed by atoms with Crippen molar-refractivity contribution in [2.24, 2.45) is 5.73 Å². The van der Waals surface area contributed by atoms with Crippen LogP contribution in [-0.4, -0.2) is 27.0 Å². The minimum atomic E-state index is -0.421. The molecular weight excluding hydrogens is 246 g/mol. The third-order valence-corrected chi connectivity index (χ3v) is 3.35. The summed E-state index contributed by atoms with van der Waals surface area (Å²) in [5, 5.41) is 14.7. The van der Waals surface area contributed by atoms with Gasteiger partial charge in [-0.1, -0.05) is 0 Å². The quantitative estimate of drug-likeness (QED) is 0.638. The van der Waals surface area contributed by atoms with Gasteiger partial charge in [-0.3, -0.25) is 10.1 Å². The van der Waals surface area contributed by atoms with Gasteiger partial charge in [0.05, 0.1) is 10.4 Å². The van der Waals surface area contributed by atoms with Crippen molar-refractivity contribution in [2.45, 2.75) is 24.9 Å². The van der Waals surface area contributed by atoms with Crippen molar-refractivity contribution in [1.29, 1.82) is 0 Å². The topological polar surface area (TPSA) is 107 Å². The molecule has 1 heterocycles. The molecule has 98 valence electrons. The average Bonchev–Trinajstić information content (AvgIpc) is 2.36. The normalized spacial score (nSPS) is 21.9. The molecule has 3 rings (SSSR count). The van der Waals surface area contributed by atoms with Crippen LogP contribution in [0, 0.1) is 10.1 Å². The molecule has 1 aromatic heterocycles. The number of nitro benzene ring substituents is 1. The highest BCUT2D eigenvalue weighted by Gasteiger charge is 2.26. The van der Waals surface area contributed by atoms with Crippen molar-refractivity contribution in [1.82, 2.24) is 9.97 Å². The van der Waals surface area contributed by atoms with Gasteiger partial charge in [-0.15, -0.1) is 0 Å². The third-order valence-electron chi connectivity index (χ3n) is 3.35. The molecule has 2 aromatic rings. The SMILES string of the molecule is NC1CC(Nc2ncnc3ccc([N+](=O)[O-])cc23)C1. The summed E-state index contributed by atoms with van der Waals surface area (Å²) >= 11 is 0. The van der Waals surface area contributed by atoms with Gasteiger partial charge in [-0.25, -0.2) is 9.97 Å². The summed E-state index contributed by atoms with van der Waals surface area (Å²) < 4.78 is 0. The van der Waals surface area contributed by atoms with Gasteiger partial charge in [0.2, 0.25) is 0 Å². The van der Waals surface area contributed by atoms with Crippen LogP contribution >= 0.6 is 0 Å². The lowest BCUT2D eigenvalue weighted by atomic mass is 9.87. The molecule has 0 radical (unpaired) electrons. The highest BCUT2D eigenvalue weighted by Crippen LogP contribution is 2.28. The van der Waals surface area contributed by atoms with Gasteiger partial charge in [0, 0.05) is 29.6 Å². The molecule has 1 aliphatic carbocycles. The second kappa shape index (κ2) is 4.43. The molecule has 3 N–H and O–H groups in total. The fourth-order valence-electron chi connectivity index (χ4n) is 2.25. The molecule has 1 aromatic carbocycles. The highest BCUT2D eigenvalue weighted by atomic mass is 16.6. The van der Waals surface area contributed by atoms with E-state index in [1.165, 1.54) is 18.5 Å². The van der Waals surface area contributed by atoms with E-state index in [0.717, 1.165) is 12.8 Å². The van der Waals surface area contributed by atoms with Crippen molar-refractivity contribution < 1.29 is 4.92 Å². The Morgan fingerprint density at radius 3 is 2.84 bits per heavy atom. The minimum Gasteiger partial charge on any atom is -0.367 e. The van der Waals surface area contributed by atoms with Crippen LogP contribution in [0.3, 0.4) is 0 Å². The van der Waals surface area contributed by atoms with Gasteiger partial charge in [0.1, 0.15) is 12.1 Å². The maximum atomic E-state index is 10.8. The molecule has 0 spiro atoms. The molecular formula is C12H13N5O2. The summed E-state index contributed by atoms with van der Waals surface area (Å²) in [6, 6.07) is 5.09. The summed E-state index contributed by atoms with van der Waals surface area (Å²) in [4.78, 5) is 18.7. The van der Waals surface area contributed by atoms with Gasteiger partial charge < -0.3 is 11.1 Å². The Balaban J connectivity index is 1.98. The van der Waals surface area contributed by atoms with E-state index in [0.29, 0.717) is 16.7 Å². The number of nitro groups is 1. The lowest BCUT2D eigenvalue weighted by molar-refractivity contribution is -0.384. The van der Waals surface area contributed by atoms with Crippen LogP contribution in [0.1, 0.15) is 12.8 Å². The zero-order chi connectivity index (χ0) is 13.4. The Hall–Kier alpha value is -2.28. The number of hydrogen-bond acceptors (Lipinski definition) is 6. The summed E-state index contributed by atoms with van der Waals surface area (Å²) in [6.45, 7) is 0. The standard InChI is InChI=1S/C12H13N5O2/c13-7-3-8(4-7)16-12-10-5-9(17(18)19)1-2-11(10)14-6-15-12/h1-2,5-8H,3-4,13H2,(H,14,15,16). The number of fused-ring (bicyclic) bond motifs is 1. The first-order valence-electron chi connectivity index (χ1n) is 6.05. The molecule has 0 saturated heterocycles. The second-order valence-electron chi connectivity index (χ2n) is 4.75. The van der Waals surface area contributed by atoms with Crippen molar-refractivity contribution in [3.8, 4) is 0 Å². The maximum Gasteiger partial charge on any atom is 0.270 e. The second-order valence-corrected chi connectivity index (χ2v) is 4.75. The van der Waals surface area contributed by atoms with Crippen molar-refractivity contribution in [3.05, 3.63) is 34.6 Å². The van der Waals surface area contributed by atoms with Crippen molar-refractivity contribution in [2.75, 3.05) is 5.32 Å². The van der Waals surface area contributed by atoms with Gasteiger partial charge in [0.15, 0.2) is 0 Å². The fourth-order valence-corrected chi connectivity index (χ4v) is 2.25. The van der Waals surface area contributed by atoms with Crippen LogP contribution in [0.5, 0.6) is 0 Å². The highest BCUT2D eigenvalue weighted by molar-refractivity contribution is 5.90. The number of hydrogen-bond donors (Lipinski definition) is 2. The Morgan fingerprint density at radius 2 is 2.16 bits per heavy atom. The number of nitrogens with zero attached hydrogens (tertiary/aromatic N) is 3. The van der Waals surface area contributed by atoms with Crippen LogP contribution in [-0.2, 0) is 0 Å². The van der Waals surface area contributed by atoms with E-state index >= 15 is 0 Å². The van der Waals surface area contributed by atoms with E-state index in [1.54, 1.807) is 6.07 Å². The van der Waals surface area contributed by atoms with Gasteiger partial charge in [-0.2, -0.15) is 0 Å². The predicted octanol–water partition coefficient (Wildman–Crippen LogP) is 1.44. The first-order valence-corrected chi connectivity index (χ1v) is 6.05. The number of nitrogens with one attached hydrogen (secondary N) is 1. The zero-order valence-electron chi connectivity index (χ0n) is 10.1. The number of anilines is 1. The third kappa shape index (κ3) is 2.19. The van der Waals surface area contributed by atoms with E-state index in [4.69, 9.17) is 5.73 Å². The molecule has 19 heavy (non-hydrogen) atoms. The number of rotatable bonds is 3. The largest absolute Gasteiger partial charge is 0.367 e. The van der Waals surface area contributed by atoms with Gasteiger partial charge >= 0.3 is 0 Å². The molecule has 0 unspecified atom stereocenters. The summed E-state index contributed by atoms with van der Waals surface area (Å²) in [6.07, 6.45) is 3.23. The van der Waals surface area contributed by atoms with Crippen LogP contribution in [0.2, 0.25) is 0 Å². The Morgan fingerprint density at radius 1 is 1.37 bits per heavy atom. The van der Waals surface area contributed by atoms with E-state index < -0.39 is 4.92 Å². The van der Waals surface area contributed by atoms with Crippen LogP contribution < -0.4 is 11.1 Å². The molecule has 0 aliphatic heterocycles. The minimum absolute atomic E-state index is 0.0376.